The van der Waals surface area contributed by atoms with Crippen LogP contribution in [0.15, 0.2) is 0 Å². The van der Waals surface area contributed by atoms with E-state index in [0.29, 0.717) is 0 Å². The molecule has 1 heterocycles. The third-order valence-corrected chi connectivity index (χ3v) is 4.91. The van der Waals surface area contributed by atoms with Crippen molar-refractivity contribution in [3.8, 4) is 0 Å². The third-order valence-electron chi connectivity index (χ3n) is 3.42. The molecule has 0 radical (unpaired) electrons. The average Bonchev–Trinajstić information content (AvgIpc) is 2.87. The molecule has 14 heavy (non-hydrogen) atoms. The molecular formula is C12H17NS. The highest BCUT2D eigenvalue weighted by Gasteiger charge is 2.31. The number of rotatable bonds is 1. The Morgan fingerprint density at radius 3 is 2.79 bits per heavy atom. The van der Waals surface area contributed by atoms with Crippen molar-refractivity contribution in [1.29, 1.82) is 0 Å². The first kappa shape index (κ1) is 8.90. The summed E-state index contributed by atoms with van der Waals surface area (Å²) in [6, 6.07) is 0. The molecule has 0 saturated heterocycles. The van der Waals surface area contributed by atoms with Crippen molar-refractivity contribution in [3.05, 3.63) is 15.6 Å². The van der Waals surface area contributed by atoms with Gasteiger partial charge < -0.3 is 0 Å². The van der Waals surface area contributed by atoms with Crippen LogP contribution in [0, 0.1) is 5.92 Å². The summed E-state index contributed by atoms with van der Waals surface area (Å²) in [5, 5.41) is 1.44. The summed E-state index contributed by atoms with van der Waals surface area (Å²) in [6.07, 6.45) is 5.36. The fourth-order valence-corrected chi connectivity index (χ4v) is 3.87. The van der Waals surface area contributed by atoms with Gasteiger partial charge in [0, 0.05) is 10.8 Å². The SMILES string of the molecule is CC1Cc2nc(C3CC3)sc2C(C)C1. The molecule has 1 aromatic heterocycles. The molecule has 0 bridgehead atoms. The van der Waals surface area contributed by atoms with E-state index in [0.717, 1.165) is 17.8 Å². The van der Waals surface area contributed by atoms with Crippen LogP contribution < -0.4 is 0 Å². The number of hydrogen-bond acceptors (Lipinski definition) is 2. The first-order valence-corrected chi connectivity index (χ1v) is 6.55. The molecule has 0 amide bonds. The summed E-state index contributed by atoms with van der Waals surface area (Å²) in [5.74, 6) is 2.44. The van der Waals surface area contributed by atoms with Gasteiger partial charge in [-0.25, -0.2) is 4.98 Å². The van der Waals surface area contributed by atoms with E-state index in [-0.39, 0.29) is 0 Å². The lowest BCUT2D eigenvalue weighted by Crippen LogP contribution is -2.12. The normalized spacial score (nSPS) is 31.6. The van der Waals surface area contributed by atoms with Crippen LogP contribution in [0.2, 0.25) is 0 Å². The van der Waals surface area contributed by atoms with Gasteiger partial charge in [0.1, 0.15) is 0 Å². The van der Waals surface area contributed by atoms with Gasteiger partial charge in [-0.15, -0.1) is 11.3 Å². The second-order valence-corrected chi connectivity index (χ2v) is 6.15. The Labute approximate surface area is 89.6 Å². The maximum Gasteiger partial charge on any atom is 0.0962 e. The predicted octanol–water partition coefficient (Wildman–Crippen LogP) is 3.71. The molecule has 2 aliphatic carbocycles. The standard InChI is InChI=1S/C12H17NS/c1-7-5-8(2)11-10(6-7)13-12(14-11)9-3-4-9/h7-9H,3-6H2,1-2H3. The fourth-order valence-electron chi connectivity index (χ4n) is 2.54. The molecule has 0 spiro atoms. The topological polar surface area (TPSA) is 12.9 Å². The molecule has 2 heteroatoms. The van der Waals surface area contributed by atoms with Gasteiger partial charge in [0.05, 0.1) is 10.7 Å². The molecule has 1 aromatic rings. The lowest BCUT2D eigenvalue weighted by molar-refractivity contribution is 0.449. The lowest BCUT2D eigenvalue weighted by atomic mass is 9.86. The molecule has 2 aliphatic rings. The van der Waals surface area contributed by atoms with E-state index in [2.05, 4.69) is 13.8 Å². The van der Waals surface area contributed by atoms with Gasteiger partial charge in [-0.1, -0.05) is 13.8 Å². The van der Waals surface area contributed by atoms with E-state index in [4.69, 9.17) is 4.98 Å². The Bertz CT molecular complexity index is 351. The van der Waals surface area contributed by atoms with E-state index in [1.807, 2.05) is 11.3 Å². The van der Waals surface area contributed by atoms with Crippen LogP contribution in [0.3, 0.4) is 0 Å². The van der Waals surface area contributed by atoms with Crippen molar-refractivity contribution in [2.45, 2.75) is 51.4 Å². The average molecular weight is 207 g/mol. The van der Waals surface area contributed by atoms with Crippen LogP contribution in [0.25, 0.3) is 0 Å². The number of fused-ring (bicyclic) bond motifs is 1. The summed E-state index contributed by atoms with van der Waals surface area (Å²) >= 11 is 2.00. The predicted molar refractivity (Wildman–Crippen MR) is 60.0 cm³/mol. The Balaban J connectivity index is 1.97. The van der Waals surface area contributed by atoms with Gasteiger partial charge in [-0.3, -0.25) is 0 Å². The molecule has 2 atom stereocenters. The van der Waals surface area contributed by atoms with Crippen LogP contribution in [0.4, 0.5) is 0 Å². The summed E-state index contributed by atoms with van der Waals surface area (Å²) in [6.45, 7) is 4.72. The van der Waals surface area contributed by atoms with Crippen LogP contribution in [-0.4, -0.2) is 4.98 Å². The lowest BCUT2D eigenvalue weighted by Gasteiger charge is -2.22. The first-order valence-electron chi connectivity index (χ1n) is 5.73. The molecule has 76 valence electrons. The summed E-state index contributed by atoms with van der Waals surface area (Å²) in [7, 11) is 0. The quantitative estimate of drug-likeness (QED) is 0.684. The van der Waals surface area contributed by atoms with Gasteiger partial charge >= 0.3 is 0 Å². The van der Waals surface area contributed by atoms with E-state index in [9.17, 15) is 0 Å². The van der Waals surface area contributed by atoms with E-state index in [1.165, 1.54) is 36.4 Å². The summed E-state index contributed by atoms with van der Waals surface area (Å²) < 4.78 is 0. The van der Waals surface area contributed by atoms with Gasteiger partial charge in [-0.05, 0) is 37.5 Å². The second kappa shape index (κ2) is 3.06. The molecule has 1 nitrogen and oxygen atoms in total. The first-order chi connectivity index (χ1) is 6.74. The zero-order valence-electron chi connectivity index (χ0n) is 8.92. The molecule has 0 aliphatic heterocycles. The van der Waals surface area contributed by atoms with Crippen molar-refractivity contribution in [3.63, 3.8) is 0 Å². The minimum Gasteiger partial charge on any atom is -0.246 e. The largest absolute Gasteiger partial charge is 0.246 e. The Hall–Kier alpha value is -0.370. The number of thiazole rings is 1. The monoisotopic (exact) mass is 207 g/mol. The molecular weight excluding hydrogens is 190 g/mol. The zero-order valence-corrected chi connectivity index (χ0v) is 9.73. The number of nitrogens with zero attached hydrogens (tertiary/aromatic N) is 1. The smallest absolute Gasteiger partial charge is 0.0962 e. The van der Waals surface area contributed by atoms with Crippen molar-refractivity contribution < 1.29 is 0 Å². The Morgan fingerprint density at radius 1 is 1.29 bits per heavy atom. The minimum atomic E-state index is 0.763. The molecule has 3 rings (SSSR count). The number of hydrogen-bond donors (Lipinski definition) is 0. The van der Waals surface area contributed by atoms with Gasteiger partial charge in [0.25, 0.3) is 0 Å². The van der Waals surface area contributed by atoms with Gasteiger partial charge in [0.2, 0.25) is 0 Å². The Kier molecular flexibility index (Phi) is 1.94. The van der Waals surface area contributed by atoms with Crippen LogP contribution in [0.1, 0.15) is 60.5 Å². The summed E-state index contributed by atoms with van der Waals surface area (Å²) in [5.41, 5.74) is 1.43. The maximum atomic E-state index is 4.83. The highest BCUT2D eigenvalue weighted by Crippen LogP contribution is 2.46. The van der Waals surface area contributed by atoms with Crippen molar-refractivity contribution in [2.75, 3.05) is 0 Å². The van der Waals surface area contributed by atoms with Crippen LogP contribution >= 0.6 is 11.3 Å². The molecule has 1 fully saturated rings. The van der Waals surface area contributed by atoms with Crippen molar-refractivity contribution in [2.24, 2.45) is 5.92 Å². The fraction of sp³-hybridized carbons (Fsp3) is 0.750. The zero-order chi connectivity index (χ0) is 9.71. The van der Waals surface area contributed by atoms with Gasteiger partial charge in [-0.2, -0.15) is 0 Å². The highest BCUT2D eigenvalue weighted by atomic mass is 32.1. The molecule has 0 aromatic carbocycles. The third kappa shape index (κ3) is 1.40. The minimum absolute atomic E-state index is 0.763. The van der Waals surface area contributed by atoms with Crippen molar-refractivity contribution in [1.82, 2.24) is 4.98 Å². The van der Waals surface area contributed by atoms with Crippen LogP contribution in [-0.2, 0) is 6.42 Å². The van der Waals surface area contributed by atoms with E-state index < -0.39 is 0 Å². The Morgan fingerprint density at radius 2 is 2.07 bits per heavy atom. The molecule has 0 N–H and O–H groups in total. The number of aromatic nitrogens is 1. The second-order valence-electron chi connectivity index (χ2n) is 5.08. The van der Waals surface area contributed by atoms with Crippen molar-refractivity contribution >= 4 is 11.3 Å². The highest BCUT2D eigenvalue weighted by molar-refractivity contribution is 7.12. The molecule has 1 saturated carbocycles. The van der Waals surface area contributed by atoms with E-state index >= 15 is 0 Å². The maximum absolute atomic E-state index is 4.83. The molecule has 2 unspecified atom stereocenters. The van der Waals surface area contributed by atoms with E-state index in [1.54, 1.807) is 4.88 Å². The van der Waals surface area contributed by atoms with Crippen LogP contribution in [0.5, 0.6) is 0 Å². The summed E-state index contributed by atoms with van der Waals surface area (Å²) in [4.78, 5) is 6.43. The van der Waals surface area contributed by atoms with Gasteiger partial charge in [0.15, 0.2) is 0 Å².